The number of carbonyl (C=O) groups excluding carboxylic acids is 2. The lowest BCUT2D eigenvalue weighted by Gasteiger charge is -2.30. The van der Waals surface area contributed by atoms with Crippen LogP contribution in [0.25, 0.3) is 0 Å². The highest BCUT2D eigenvalue weighted by Gasteiger charge is 2.27. The van der Waals surface area contributed by atoms with Gasteiger partial charge in [-0.25, -0.2) is 0 Å². The van der Waals surface area contributed by atoms with Gasteiger partial charge < -0.3 is 28.5 Å². The number of esters is 1. The van der Waals surface area contributed by atoms with Crippen LogP contribution in [0.2, 0.25) is 0 Å². The molecule has 0 bridgehead atoms. The number of rotatable bonds is 72. The lowest BCUT2D eigenvalue weighted by Crippen LogP contribution is -2.47. The molecule has 1 N–H and O–H groups in total. The van der Waals surface area contributed by atoms with Crippen LogP contribution >= 0.6 is 7.82 Å². The number of ether oxygens (including phenoxy) is 1. The number of carbonyl (C=O) groups is 2. The Morgan fingerprint density at radius 3 is 1.04 bits per heavy atom. The van der Waals surface area contributed by atoms with E-state index in [9.17, 15) is 19.0 Å². The largest absolute Gasteiger partial charge is 0.756 e. The van der Waals surface area contributed by atoms with Gasteiger partial charge in [0.25, 0.3) is 7.82 Å². The number of unbranched alkanes of at least 4 members (excludes halogenated alkanes) is 44. The molecule has 92 heavy (non-hydrogen) atoms. The van der Waals surface area contributed by atoms with Gasteiger partial charge in [-0.05, 0) is 83.1 Å². The Kier molecular flexibility index (Phi) is 68.8. The van der Waals surface area contributed by atoms with Gasteiger partial charge in [0.2, 0.25) is 5.91 Å². The second-order valence-electron chi connectivity index (χ2n) is 27.8. The van der Waals surface area contributed by atoms with Crippen LogP contribution in [0.1, 0.15) is 374 Å². The topological polar surface area (TPSA) is 114 Å². The fraction of sp³-hybridized carbons (Fsp3) is 0.805. The summed E-state index contributed by atoms with van der Waals surface area (Å²) in [6.45, 7) is 6.77. The summed E-state index contributed by atoms with van der Waals surface area (Å²) in [4.78, 5) is 40.3. The normalized spacial score (nSPS) is 13.9. The first kappa shape index (κ1) is 89.2. The number of quaternary nitrogens is 1. The molecule has 3 unspecified atom stereocenters. The lowest BCUT2D eigenvalue weighted by atomic mass is 10.0. The molecular formula is C82H151N2O7P. The summed E-state index contributed by atoms with van der Waals surface area (Å²) < 4.78 is 30.5. The van der Waals surface area contributed by atoms with Gasteiger partial charge in [0.1, 0.15) is 19.3 Å². The molecule has 0 fully saturated rings. The second kappa shape index (κ2) is 71.0. The van der Waals surface area contributed by atoms with Crippen molar-refractivity contribution < 1.29 is 37.3 Å². The van der Waals surface area contributed by atoms with E-state index < -0.39 is 26.6 Å². The van der Waals surface area contributed by atoms with Crippen molar-refractivity contribution in [1.29, 1.82) is 0 Å². The van der Waals surface area contributed by atoms with Crippen LogP contribution in [0.15, 0.2) is 85.1 Å². The maximum Gasteiger partial charge on any atom is 0.306 e. The Labute approximate surface area is 571 Å². The fourth-order valence-corrected chi connectivity index (χ4v) is 12.3. The summed E-state index contributed by atoms with van der Waals surface area (Å²) in [6.07, 6.45) is 95.9. The van der Waals surface area contributed by atoms with E-state index in [1.54, 1.807) is 0 Å². The van der Waals surface area contributed by atoms with E-state index >= 15 is 0 Å². The summed E-state index contributed by atoms with van der Waals surface area (Å²) in [6, 6.07) is -0.897. The predicted octanol–water partition coefficient (Wildman–Crippen LogP) is 25.0. The summed E-state index contributed by atoms with van der Waals surface area (Å²) in [5.74, 6) is -0.537. The number of nitrogens with one attached hydrogen (secondary N) is 1. The van der Waals surface area contributed by atoms with Crippen molar-refractivity contribution in [2.24, 2.45) is 0 Å². The smallest absolute Gasteiger partial charge is 0.306 e. The molecule has 0 aliphatic heterocycles. The second-order valence-corrected chi connectivity index (χ2v) is 29.3. The lowest BCUT2D eigenvalue weighted by molar-refractivity contribution is -0.870. The average molecular weight is 1310 g/mol. The van der Waals surface area contributed by atoms with Crippen LogP contribution in [0.4, 0.5) is 0 Å². The van der Waals surface area contributed by atoms with Gasteiger partial charge in [-0.3, -0.25) is 14.2 Å². The van der Waals surface area contributed by atoms with Crippen molar-refractivity contribution >= 4 is 19.7 Å². The molecule has 0 heterocycles. The van der Waals surface area contributed by atoms with Gasteiger partial charge in [0.15, 0.2) is 0 Å². The Bertz CT molecular complexity index is 1850. The first-order valence-corrected chi connectivity index (χ1v) is 40.9. The van der Waals surface area contributed by atoms with Crippen LogP contribution in [0.3, 0.4) is 0 Å². The van der Waals surface area contributed by atoms with Crippen molar-refractivity contribution in [3.8, 4) is 0 Å². The van der Waals surface area contributed by atoms with Gasteiger partial charge in [-0.2, -0.15) is 0 Å². The molecule has 10 heteroatoms. The molecule has 0 spiro atoms. The van der Waals surface area contributed by atoms with Crippen LogP contribution < -0.4 is 10.2 Å². The predicted molar refractivity (Wildman–Crippen MR) is 399 cm³/mol. The minimum Gasteiger partial charge on any atom is -0.756 e. The van der Waals surface area contributed by atoms with Crippen molar-refractivity contribution in [3.63, 3.8) is 0 Å². The highest BCUT2D eigenvalue weighted by atomic mass is 31.2. The van der Waals surface area contributed by atoms with Gasteiger partial charge >= 0.3 is 5.97 Å². The number of phosphoric acid groups is 1. The van der Waals surface area contributed by atoms with Gasteiger partial charge in [0, 0.05) is 12.8 Å². The zero-order chi connectivity index (χ0) is 67.0. The molecule has 1 amide bonds. The van der Waals surface area contributed by atoms with E-state index in [0.717, 1.165) is 109 Å². The van der Waals surface area contributed by atoms with E-state index in [4.69, 9.17) is 13.8 Å². The minimum absolute atomic E-state index is 0.0253. The molecule has 3 atom stereocenters. The van der Waals surface area contributed by atoms with Crippen molar-refractivity contribution in [3.05, 3.63) is 85.1 Å². The molecule has 0 rings (SSSR count). The van der Waals surface area contributed by atoms with Gasteiger partial charge in [-0.15, -0.1) is 0 Å². The van der Waals surface area contributed by atoms with Crippen molar-refractivity contribution in [2.75, 3.05) is 40.9 Å². The van der Waals surface area contributed by atoms with Gasteiger partial charge in [0.05, 0.1) is 33.8 Å². The minimum atomic E-state index is -4.71. The van der Waals surface area contributed by atoms with Crippen LogP contribution in [0.5, 0.6) is 0 Å². The van der Waals surface area contributed by atoms with E-state index in [0.29, 0.717) is 17.4 Å². The zero-order valence-corrected chi connectivity index (χ0v) is 62.4. The molecule has 0 radical (unpaired) electrons. The van der Waals surface area contributed by atoms with E-state index in [2.05, 4.69) is 99.0 Å². The summed E-state index contributed by atoms with van der Waals surface area (Å²) in [5.41, 5.74) is 0. The number of hydrogen-bond donors (Lipinski definition) is 1. The fourth-order valence-electron chi connectivity index (χ4n) is 11.6. The molecule has 536 valence electrons. The zero-order valence-electron chi connectivity index (χ0n) is 61.5. The Morgan fingerprint density at radius 1 is 0.391 bits per heavy atom. The number of likely N-dealkylation sites (N-methyl/N-ethyl adjacent to an activating group) is 1. The van der Waals surface area contributed by atoms with E-state index in [1.165, 1.54) is 231 Å². The number of amides is 1. The summed E-state index contributed by atoms with van der Waals surface area (Å²) >= 11 is 0. The maximum atomic E-state index is 13.6. The molecule has 0 aromatic carbocycles. The third kappa shape index (κ3) is 71.5. The highest BCUT2D eigenvalue weighted by Crippen LogP contribution is 2.38. The number of phosphoric ester groups is 1. The Morgan fingerprint density at radius 2 is 0.696 bits per heavy atom. The first-order chi connectivity index (χ1) is 44.9. The average Bonchev–Trinajstić information content (AvgIpc) is 3.69. The number of hydrogen-bond acceptors (Lipinski definition) is 7. The highest BCUT2D eigenvalue weighted by molar-refractivity contribution is 7.45. The number of allylic oxidation sites excluding steroid dienone is 13. The molecule has 0 aromatic heterocycles. The summed E-state index contributed by atoms with van der Waals surface area (Å²) in [7, 11) is 1.19. The third-order valence-corrected chi connectivity index (χ3v) is 18.6. The molecule has 0 saturated carbocycles. The molecule has 0 saturated heterocycles. The third-order valence-electron chi connectivity index (χ3n) is 17.6. The van der Waals surface area contributed by atoms with E-state index in [1.807, 2.05) is 33.3 Å². The quantitative estimate of drug-likeness (QED) is 0.0212. The molecule has 0 aliphatic carbocycles. The van der Waals surface area contributed by atoms with Crippen LogP contribution in [-0.4, -0.2) is 69.4 Å². The maximum absolute atomic E-state index is 13.6. The standard InChI is InChI=1S/C82H151N2O7P/c1-7-10-13-16-19-22-25-28-30-32-34-36-38-40-42-44-46-48-50-52-54-56-59-62-65-68-71-74-81(85)83-79(78-90-92(87,88)89-77-76-84(4,5)6)80(73-70-67-64-61-58-27-24-21-18-15-12-9-3)91-82(86)75-72-69-66-63-60-57-55-53-51-49-47-45-43-41-39-37-35-33-31-29-26-23-20-17-14-11-8-2/h10,13,19,22,28,30,34,36,40,42,46,48,70,73,79-80H,7-9,11-12,14-18,20-21,23-27,29,31-33,35,37-39,41,43-45,47,49-69,71-72,74-78H2,1-6H3,(H-,83,85,87,88)/b13-10-,22-19-,30-28-,36-34-,42-40-,48-46-,73-70+. The van der Waals surface area contributed by atoms with Crippen molar-refractivity contribution in [1.82, 2.24) is 5.32 Å². The van der Waals surface area contributed by atoms with Crippen LogP contribution in [-0.2, 0) is 27.9 Å². The first-order valence-electron chi connectivity index (χ1n) is 39.4. The molecule has 0 aromatic rings. The Balaban J connectivity index is 4.95. The molecular weight excluding hydrogens is 1160 g/mol. The molecule has 9 nitrogen and oxygen atoms in total. The molecule has 0 aliphatic rings. The van der Waals surface area contributed by atoms with Crippen LogP contribution in [0, 0.1) is 0 Å². The van der Waals surface area contributed by atoms with Crippen molar-refractivity contribution in [2.45, 2.75) is 386 Å². The van der Waals surface area contributed by atoms with Gasteiger partial charge in [-0.1, -0.05) is 363 Å². The number of nitrogens with zero attached hydrogens (tertiary/aromatic N) is 1. The SMILES string of the molecule is CC/C=C\C/C=C\C/C=C\C/C=C\C/C=C\C/C=C\CCCCCCCCCCC(=O)NC(COP(=O)([O-])OCC[N+](C)(C)C)C(/C=C/CCCCCCCCCCCC)OC(=O)CCCCCCCCCCCCCCCCCCCCCCCCCCCCC. The Hall–Kier alpha value is -2.81. The monoisotopic (exact) mass is 1310 g/mol. The summed E-state index contributed by atoms with van der Waals surface area (Å²) in [5, 5.41) is 3.05. The van der Waals surface area contributed by atoms with E-state index in [-0.39, 0.29) is 24.9 Å².